The standard InChI is InChI=1S/C16H22N4O2S2/c1-2-14-4-5-15(23-14)24(21,22)19-12-13-6-10-20(11-7-13)16-17-8-3-9-18-16/h3-5,8-9,13,19H,2,6-7,10-12H2,1H3. The van der Waals surface area contributed by atoms with Gasteiger partial charge in [0.1, 0.15) is 4.21 Å². The number of aromatic nitrogens is 2. The van der Waals surface area contributed by atoms with Crippen molar-refractivity contribution in [1.29, 1.82) is 0 Å². The van der Waals surface area contributed by atoms with Gasteiger partial charge < -0.3 is 4.90 Å². The molecule has 1 aliphatic rings. The molecule has 0 atom stereocenters. The molecule has 1 aliphatic heterocycles. The van der Waals surface area contributed by atoms with E-state index in [9.17, 15) is 8.42 Å². The molecule has 8 heteroatoms. The lowest BCUT2D eigenvalue weighted by Crippen LogP contribution is -2.39. The molecule has 0 amide bonds. The second-order valence-corrected chi connectivity index (χ2v) is 9.07. The molecular weight excluding hydrogens is 344 g/mol. The fraction of sp³-hybridized carbons (Fsp3) is 0.500. The molecular formula is C16H22N4O2S2. The minimum absolute atomic E-state index is 0.352. The van der Waals surface area contributed by atoms with Gasteiger partial charge in [0, 0.05) is 36.9 Å². The Balaban J connectivity index is 1.51. The van der Waals surface area contributed by atoms with E-state index in [1.54, 1.807) is 24.5 Å². The van der Waals surface area contributed by atoms with Crippen molar-refractivity contribution in [1.82, 2.24) is 14.7 Å². The van der Waals surface area contributed by atoms with Gasteiger partial charge in [0.25, 0.3) is 0 Å². The number of rotatable bonds is 6. The zero-order valence-corrected chi connectivity index (χ0v) is 15.3. The molecule has 3 heterocycles. The molecule has 0 spiro atoms. The average Bonchev–Trinajstić information content (AvgIpc) is 3.11. The molecule has 0 saturated carbocycles. The summed E-state index contributed by atoms with van der Waals surface area (Å²) < 4.78 is 27.9. The lowest BCUT2D eigenvalue weighted by atomic mass is 9.97. The van der Waals surface area contributed by atoms with Gasteiger partial charge in [-0.25, -0.2) is 23.1 Å². The maximum atomic E-state index is 12.4. The Morgan fingerprint density at radius 2 is 1.96 bits per heavy atom. The molecule has 1 saturated heterocycles. The molecule has 1 fully saturated rings. The minimum Gasteiger partial charge on any atom is -0.341 e. The highest BCUT2D eigenvalue weighted by atomic mass is 32.2. The third kappa shape index (κ3) is 4.12. The topological polar surface area (TPSA) is 75.2 Å². The maximum Gasteiger partial charge on any atom is 0.250 e. The molecule has 130 valence electrons. The SMILES string of the molecule is CCc1ccc(S(=O)(=O)NCC2CCN(c3ncccn3)CC2)s1. The summed E-state index contributed by atoms with van der Waals surface area (Å²) in [5, 5.41) is 0. The zero-order valence-electron chi connectivity index (χ0n) is 13.7. The second-order valence-electron chi connectivity index (χ2n) is 5.91. The van der Waals surface area contributed by atoms with E-state index in [0.29, 0.717) is 16.7 Å². The number of thiophene rings is 1. The summed E-state index contributed by atoms with van der Waals surface area (Å²) in [6.07, 6.45) is 6.22. The minimum atomic E-state index is -3.38. The van der Waals surface area contributed by atoms with Crippen molar-refractivity contribution in [2.75, 3.05) is 24.5 Å². The molecule has 0 aliphatic carbocycles. The molecule has 6 nitrogen and oxygen atoms in total. The van der Waals surface area contributed by atoms with E-state index in [0.717, 1.165) is 43.2 Å². The van der Waals surface area contributed by atoms with Gasteiger partial charge in [0.2, 0.25) is 16.0 Å². The van der Waals surface area contributed by atoms with Crippen LogP contribution in [0.25, 0.3) is 0 Å². The number of piperidine rings is 1. The molecule has 1 N–H and O–H groups in total. The summed E-state index contributed by atoms with van der Waals surface area (Å²) in [7, 11) is -3.38. The van der Waals surface area contributed by atoms with E-state index in [2.05, 4.69) is 19.6 Å². The van der Waals surface area contributed by atoms with Crippen LogP contribution in [-0.4, -0.2) is 38.0 Å². The Hall–Kier alpha value is -1.51. The number of nitrogens with one attached hydrogen (secondary N) is 1. The molecule has 0 unspecified atom stereocenters. The van der Waals surface area contributed by atoms with E-state index in [4.69, 9.17) is 0 Å². The Kier molecular flexibility index (Phi) is 5.47. The van der Waals surface area contributed by atoms with Crippen molar-refractivity contribution < 1.29 is 8.42 Å². The lowest BCUT2D eigenvalue weighted by molar-refractivity contribution is 0.399. The number of anilines is 1. The summed E-state index contributed by atoms with van der Waals surface area (Å²) in [6, 6.07) is 5.39. The van der Waals surface area contributed by atoms with Crippen LogP contribution in [0.2, 0.25) is 0 Å². The van der Waals surface area contributed by atoms with Crippen LogP contribution in [-0.2, 0) is 16.4 Å². The third-order valence-corrected chi connectivity index (χ3v) is 7.41. The molecule has 2 aromatic heterocycles. The van der Waals surface area contributed by atoms with E-state index in [-0.39, 0.29) is 0 Å². The van der Waals surface area contributed by atoms with Gasteiger partial charge >= 0.3 is 0 Å². The Morgan fingerprint density at radius 1 is 1.25 bits per heavy atom. The monoisotopic (exact) mass is 366 g/mol. The van der Waals surface area contributed by atoms with Crippen molar-refractivity contribution in [3.8, 4) is 0 Å². The number of hydrogen-bond acceptors (Lipinski definition) is 6. The summed E-state index contributed by atoms with van der Waals surface area (Å²) >= 11 is 1.35. The highest BCUT2D eigenvalue weighted by Gasteiger charge is 2.23. The highest BCUT2D eigenvalue weighted by Crippen LogP contribution is 2.23. The van der Waals surface area contributed by atoms with Gasteiger partial charge in [-0.1, -0.05) is 6.92 Å². The Labute approximate surface area is 147 Å². The smallest absolute Gasteiger partial charge is 0.250 e. The third-order valence-electron chi connectivity index (χ3n) is 4.26. The quantitative estimate of drug-likeness (QED) is 0.849. The van der Waals surface area contributed by atoms with Crippen LogP contribution in [0, 0.1) is 5.92 Å². The summed E-state index contributed by atoms with van der Waals surface area (Å²) in [6.45, 7) is 4.23. The number of hydrogen-bond donors (Lipinski definition) is 1. The lowest BCUT2D eigenvalue weighted by Gasteiger charge is -2.31. The molecule has 0 radical (unpaired) electrons. The van der Waals surface area contributed by atoms with Crippen LogP contribution >= 0.6 is 11.3 Å². The number of nitrogens with zero attached hydrogens (tertiary/aromatic N) is 3. The van der Waals surface area contributed by atoms with Crippen molar-refractivity contribution in [3.63, 3.8) is 0 Å². The van der Waals surface area contributed by atoms with Crippen molar-refractivity contribution in [3.05, 3.63) is 35.5 Å². The second kappa shape index (κ2) is 7.58. The van der Waals surface area contributed by atoms with E-state index in [1.807, 2.05) is 13.0 Å². The van der Waals surface area contributed by atoms with Crippen LogP contribution in [0.3, 0.4) is 0 Å². The predicted molar refractivity (Wildman–Crippen MR) is 95.9 cm³/mol. The van der Waals surface area contributed by atoms with Crippen LogP contribution in [0.15, 0.2) is 34.8 Å². The fourth-order valence-electron chi connectivity index (χ4n) is 2.78. The van der Waals surface area contributed by atoms with Crippen LogP contribution in [0.5, 0.6) is 0 Å². The Bertz CT molecular complexity index is 753. The first kappa shape index (κ1) is 17.3. The van der Waals surface area contributed by atoms with Gasteiger partial charge in [-0.05, 0) is 43.4 Å². The predicted octanol–water partition coefficient (Wildman–Crippen LogP) is 2.30. The maximum absolute atomic E-state index is 12.4. The van der Waals surface area contributed by atoms with Crippen LogP contribution < -0.4 is 9.62 Å². The van der Waals surface area contributed by atoms with E-state index < -0.39 is 10.0 Å². The molecule has 0 bridgehead atoms. The van der Waals surface area contributed by atoms with Gasteiger partial charge in [-0.15, -0.1) is 11.3 Å². The fourth-order valence-corrected chi connectivity index (χ4v) is 5.24. The molecule has 24 heavy (non-hydrogen) atoms. The summed E-state index contributed by atoms with van der Waals surface area (Å²) in [5.41, 5.74) is 0. The van der Waals surface area contributed by atoms with Gasteiger partial charge in [0.05, 0.1) is 0 Å². The first-order valence-electron chi connectivity index (χ1n) is 8.19. The van der Waals surface area contributed by atoms with Crippen molar-refractivity contribution >= 4 is 27.3 Å². The van der Waals surface area contributed by atoms with Crippen LogP contribution in [0.1, 0.15) is 24.6 Å². The Morgan fingerprint density at radius 3 is 2.58 bits per heavy atom. The van der Waals surface area contributed by atoms with Gasteiger partial charge in [-0.2, -0.15) is 0 Å². The molecule has 0 aromatic carbocycles. The first-order chi connectivity index (χ1) is 11.6. The first-order valence-corrected chi connectivity index (χ1v) is 10.5. The van der Waals surface area contributed by atoms with Gasteiger partial charge in [-0.3, -0.25) is 0 Å². The molecule has 2 aromatic rings. The van der Waals surface area contributed by atoms with Crippen LogP contribution in [0.4, 0.5) is 5.95 Å². The summed E-state index contributed by atoms with van der Waals surface area (Å²) in [4.78, 5) is 11.8. The van der Waals surface area contributed by atoms with Crippen molar-refractivity contribution in [2.24, 2.45) is 5.92 Å². The zero-order chi connectivity index (χ0) is 17.0. The normalized spacial score (nSPS) is 16.5. The number of aryl methyl sites for hydroxylation is 1. The average molecular weight is 367 g/mol. The summed E-state index contributed by atoms with van der Waals surface area (Å²) in [5.74, 6) is 1.10. The van der Waals surface area contributed by atoms with Gasteiger partial charge in [0.15, 0.2) is 0 Å². The van der Waals surface area contributed by atoms with E-state index in [1.165, 1.54) is 11.3 Å². The molecule has 3 rings (SSSR count). The van der Waals surface area contributed by atoms with Crippen molar-refractivity contribution in [2.45, 2.75) is 30.4 Å². The largest absolute Gasteiger partial charge is 0.341 e. The van der Waals surface area contributed by atoms with E-state index >= 15 is 0 Å². The highest BCUT2D eigenvalue weighted by molar-refractivity contribution is 7.91. The number of sulfonamides is 1.